The summed E-state index contributed by atoms with van der Waals surface area (Å²) >= 11 is 0. The second-order valence-corrected chi connectivity index (χ2v) is 5.87. The van der Waals surface area contributed by atoms with Gasteiger partial charge in [0, 0.05) is 0 Å². The Labute approximate surface area is 118 Å². The number of unbranched alkanes of at least 4 members (excludes halogenated alkanes) is 7. The quantitative estimate of drug-likeness (QED) is 0.403. The summed E-state index contributed by atoms with van der Waals surface area (Å²) in [4.78, 5) is 0. The van der Waals surface area contributed by atoms with E-state index in [0.29, 0.717) is 0 Å². The van der Waals surface area contributed by atoms with Crippen molar-refractivity contribution in [3.05, 3.63) is 35.9 Å². The molecule has 1 nitrogen and oxygen atoms in total. The van der Waals surface area contributed by atoms with Crippen LogP contribution in [-0.4, -0.2) is 6.61 Å². The number of rotatable bonds is 10. The Morgan fingerprint density at radius 1 is 0.895 bits per heavy atom. The SMILES string of the molecule is CCCCCCCCCCC1(c2ccccc2)CO1. The number of epoxide rings is 1. The average molecular weight is 260 g/mol. The minimum Gasteiger partial charge on any atom is -0.365 e. The normalized spacial score (nSPS) is 21.5. The van der Waals surface area contributed by atoms with Gasteiger partial charge in [-0.15, -0.1) is 0 Å². The van der Waals surface area contributed by atoms with Gasteiger partial charge in [0.1, 0.15) is 5.60 Å². The summed E-state index contributed by atoms with van der Waals surface area (Å²) in [6, 6.07) is 10.7. The van der Waals surface area contributed by atoms with Crippen LogP contribution >= 0.6 is 0 Å². The van der Waals surface area contributed by atoms with Gasteiger partial charge in [0.25, 0.3) is 0 Å². The van der Waals surface area contributed by atoms with Crippen molar-refractivity contribution < 1.29 is 4.74 Å². The van der Waals surface area contributed by atoms with Gasteiger partial charge < -0.3 is 4.74 Å². The Morgan fingerprint density at radius 3 is 2.05 bits per heavy atom. The number of ether oxygens (including phenoxy) is 1. The van der Waals surface area contributed by atoms with Gasteiger partial charge in [-0.2, -0.15) is 0 Å². The van der Waals surface area contributed by atoms with Crippen LogP contribution in [0.2, 0.25) is 0 Å². The summed E-state index contributed by atoms with van der Waals surface area (Å²) in [5, 5.41) is 0. The second-order valence-electron chi connectivity index (χ2n) is 5.87. The zero-order chi connectivity index (χ0) is 13.4. The zero-order valence-electron chi connectivity index (χ0n) is 12.4. The molecule has 1 saturated heterocycles. The lowest BCUT2D eigenvalue weighted by atomic mass is 9.93. The highest BCUT2D eigenvalue weighted by atomic mass is 16.6. The van der Waals surface area contributed by atoms with Gasteiger partial charge in [-0.3, -0.25) is 0 Å². The number of hydrogen-bond acceptors (Lipinski definition) is 1. The molecule has 1 aromatic carbocycles. The summed E-state index contributed by atoms with van der Waals surface area (Å²) in [7, 11) is 0. The molecular formula is C18H28O. The third-order valence-electron chi connectivity index (χ3n) is 4.23. The van der Waals surface area contributed by atoms with Crippen molar-refractivity contribution in [1.29, 1.82) is 0 Å². The van der Waals surface area contributed by atoms with Crippen LogP contribution in [0.1, 0.15) is 70.3 Å². The fourth-order valence-electron chi connectivity index (χ4n) is 2.83. The van der Waals surface area contributed by atoms with Crippen LogP contribution < -0.4 is 0 Å². The summed E-state index contributed by atoms with van der Waals surface area (Å²) in [6.07, 6.45) is 12.3. The van der Waals surface area contributed by atoms with Gasteiger partial charge >= 0.3 is 0 Å². The van der Waals surface area contributed by atoms with E-state index in [9.17, 15) is 0 Å². The molecule has 0 amide bonds. The predicted molar refractivity (Wildman–Crippen MR) is 81.3 cm³/mol. The minimum absolute atomic E-state index is 0.0868. The first-order chi connectivity index (χ1) is 9.37. The summed E-state index contributed by atoms with van der Waals surface area (Å²) in [6.45, 7) is 3.20. The van der Waals surface area contributed by atoms with Gasteiger partial charge in [0.2, 0.25) is 0 Å². The Morgan fingerprint density at radius 2 is 1.47 bits per heavy atom. The van der Waals surface area contributed by atoms with Gasteiger partial charge in [-0.1, -0.05) is 88.6 Å². The molecule has 2 rings (SSSR count). The Bertz CT molecular complexity index is 340. The van der Waals surface area contributed by atoms with Gasteiger partial charge in [-0.25, -0.2) is 0 Å². The van der Waals surface area contributed by atoms with E-state index in [2.05, 4.69) is 37.3 Å². The molecule has 1 aliphatic heterocycles. The van der Waals surface area contributed by atoms with Crippen LogP contribution in [0, 0.1) is 0 Å². The maximum atomic E-state index is 5.74. The molecule has 1 atom stereocenters. The maximum absolute atomic E-state index is 5.74. The highest BCUT2D eigenvalue weighted by Crippen LogP contribution is 2.43. The van der Waals surface area contributed by atoms with Crippen LogP contribution in [0.3, 0.4) is 0 Å². The molecule has 0 saturated carbocycles. The van der Waals surface area contributed by atoms with Crippen LogP contribution in [0.4, 0.5) is 0 Å². The Kier molecular flexibility index (Phi) is 5.91. The van der Waals surface area contributed by atoms with E-state index in [1.165, 1.54) is 63.4 Å². The van der Waals surface area contributed by atoms with Crippen molar-refractivity contribution in [2.75, 3.05) is 6.61 Å². The third kappa shape index (κ3) is 4.65. The average Bonchev–Trinajstić information content (AvgIpc) is 3.24. The van der Waals surface area contributed by atoms with E-state index >= 15 is 0 Å². The molecule has 0 N–H and O–H groups in total. The van der Waals surface area contributed by atoms with Gasteiger partial charge in [-0.05, 0) is 12.0 Å². The van der Waals surface area contributed by atoms with E-state index in [-0.39, 0.29) is 5.60 Å². The Hall–Kier alpha value is -0.820. The summed E-state index contributed by atoms with van der Waals surface area (Å²) in [5.41, 5.74) is 1.46. The molecule has 1 fully saturated rings. The molecule has 1 heteroatoms. The summed E-state index contributed by atoms with van der Waals surface area (Å²) < 4.78 is 5.74. The first-order valence-corrected chi connectivity index (χ1v) is 8.07. The first kappa shape index (κ1) is 14.6. The summed E-state index contributed by atoms with van der Waals surface area (Å²) in [5.74, 6) is 0. The van der Waals surface area contributed by atoms with Crippen LogP contribution in [0.25, 0.3) is 0 Å². The van der Waals surface area contributed by atoms with Crippen molar-refractivity contribution >= 4 is 0 Å². The van der Waals surface area contributed by atoms with E-state index in [0.717, 1.165) is 6.61 Å². The molecular weight excluding hydrogens is 232 g/mol. The molecule has 1 unspecified atom stereocenters. The molecule has 106 valence electrons. The zero-order valence-corrected chi connectivity index (χ0v) is 12.4. The molecule has 1 heterocycles. The molecule has 0 spiro atoms. The van der Waals surface area contributed by atoms with E-state index < -0.39 is 0 Å². The molecule has 1 aromatic rings. The predicted octanol–water partition coefficient (Wildman–Crippen LogP) is 5.44. The topological polar surface area (TPSA) is 12.5 Å². The standard InChI is InChI=1S/C18H28O/c1-2-3-4-5-6-7-8-12-15-18(16-19-18)17-13-10-9-11-14-17/h9-11,13-14H,2-8,12,15-16H2,1H3. The van der Waals surface area contributed by atoms with E-state index in [1.807, 2.05) is 0 Å². The second kappa shape index (κ2) is 7.69. The number of benzene rings is 1. The highest BCUT2D eigenvalue weighted by Gasteiger charge is 2.45. The largest absolute Gasteiger partial charge is 0.365 e. The lowest BCUT2D eigenvalue weighted by Crippen LogP contribution is -2.08. The van der Waals surface area contributed by atoms with Crippen molar-refractivity contribution in [2.45, 2.75) is 70.3 Å². The van der Waals surface area contributed by atoms with Crippen LogP contribution in [0.5, 0.6) is 0 Å². The molecule has 0 bridgehead atoms. The molecule has 19 heavy (non-hydrogen) atoms. The maximum Gasteiger partial charge on any atom is 0.117 e. The van der Waals surface area contributed by atoms with Gasteiger partial charge in [0.05, 0.1) is 6.61 Å². The van der Waals surface area contributed by atoms with Crippen LogP contribution in [-0.2, 0) is 10.3 Å². The lowest BCUT2D eigenvalue weighted by molar-refractivity contribution is 0.285. The molecule has 0 radical (unpaired) electrons. The molecule has 0 aliphatic carbocycles. The fraction of sp³-hybridized carbons (Fsp3) is 0.667. The van der Waals surface area contributed by atoms with Gasteiger partial charge in [0.15, 0.2) is 0 Å². The van der Waals surface area contributed by atoms with Crippen molar-refractivity contribution in [3.8, 4) is 0 Å². The third-order valence-corrected chi connectivity index (χ3v) is 4.23. The van der Waals surface area contributed by atoms with Crippen molar-refractivity contribution in [2.24, 2.45) is 0 Å². The fourth-order valence-corrected chi connectivity index (χ4v) is 2.83. The first-order valence-electron chi connectivity index (χ1n) is 8.07. The van der Waals surface area contributed by atoms with Crippen molar-refractivity contribution in [1.82, 2.24) is 0 Å². The molecule has 1 aliphatic rings. The monoisotopic (exact) mass is 260 g/mol. The molecule has 0 aromatic heterocycles. The van der Waals surface area contributed by atoms with E-state index in [1.54, 1.807) is 0 Å². The smallest absolute Gasteiger partial charge is 0.117 e. The Balaban J connectivity index is 1.56. The lowest BCUT2D eigenvalue weighted by Gasteiger charge is -2.11. The van der Waals surface area contributed by atoms with Crippen LogP contribution in [0.15, 0.2) is 30.3 Å². The van der Waals surface area contributed by atoms with E-state index in [4.69, 9.17) is 4.74 Å². The highest BCUT2D eigenvalue weighted by molar-refractivity contribution is 5.26. The van der Waals surface area contributed by atoms with Crippen molar-refractivity contribution in [3.63, 3.8) is 0 Å². The number of hydrogen-bond donors (Lipinski definition) is 0. The minimum atomic E-state index is 0.0868.